The van der Waals surface area contributed by atoms with E-state index in [2.05, 4.69) is 11.4 Å². The Morgan fingerprint density at radius 3 is 2.60 bits per heavy atom. The molecule has 3 rings (SSSR count). The minimum Gasteiger partial charge on any atom is -0.493 e. The van der Waals surface area contributed by atoms with E-state index in [0.29, 0.717) is 32.6 Å². The molecule has 0 unspecified atom stereocenters. The molecule has 6 heteroatoms. The Morgan fingerprint density at radius 2 is 1.88 bits per heavy atom. The van der Waals surface area contributed by atoms with E-state index in [0.717, 1.165) is 30.8 Å². The van der Waals surface area contributed by atoms with E-state index < -0.39 is 0 Å². The summed E-state index contributed by atoms with van der Waals surface area (Å²) in [5, 5.41) is 2.90. The van der Waals surface area contributed by atoms with Crippen molar-refractivity contribution in [1.82, 2.24) is 15.1 Å². The van der Waals surface area contributed by atoms with Crippen molar-refractivity contribution in [2.75, 3.05) is 32.8 Å². The Kier molecular flexibility index (Phi) is 5.46. The highest BCUT2D eigenvalue weighted by Crippen LogP contribution is 2.25. The van der Waals surface area contributed by atoms with Gasteiger partial charge in [-0.25, -0.2) is 4.79 Å². The van der Waals surface area contributed by atoms with Crippen LogP contribution in [0.25, 0.3) is 0 Å². The zero-order valence-electron chi connectivity index (χ0n) is 15.1. The molecule has 2 aliphatic rings. The number of nitrogens with one attached hydrogen (secondary N) is 1. The van der Waals surface area contributed by atoms with Gasteiger partial charge in [0.15, 0.2) is 0 Å². The van der Waals surface area contributed by atoms with E-state index >= 15 is 0 Å². The largest absolute Gasteiger partial charge is 0.493 e. The zero-order chi connectivity index (χ0) is 17.8. The third-order valence-corrected chi connectivity index (χ3v) is 4.66. The number of carbonyl (C=O) groups is 2. The molecular formula is C19H27N3O3. The van der Waals surface area contributed by atoms with Crippen LogP contribution in [0.1, 0.15) is 31.4 Å². The van der Waals surface area contributed by atoms with Crippen molar-refractivity contribution in [3.05, 3.63) is 29.3 Å². The molecule has 0 atom stereocenters. The first-order chi connectivity index (χ1) is 12.0. The molecule has 2 heterocycles. The van der Waals surface area contributed by atoms with E-state index in [4.69, 9.17) is 4.74 Å². The predicted molar refractivity (Wildman–Crippen MR) is 95.8 cm³/mol. The van der Waals surface area contributed by atoms with Crippen LogP contribution in [0.4, 0.5) is 4.79 Å². The lowest BCUT2D eigenvalue weighted by Gasteiger charge is -2.35. The van der Waals surface area contributed by atoms with Crippen LogP contribution < -0.4 is 10.1 Å². The Labute approximate surface area is 149 Å². The van der Waals surface area contributed by atoms with Crippen LogP contribution in [0.3, 0.4) is 0 Å². The molecule has 1 N–H and O–H groups in total. The van der Waals surface area contributed by atoms with E-state index in [1.807, 2.05) is 30.9 Å². The number of ether oxygens (including phenoxy) is 1. The summed E-state index contributed by atoms with van der Waals surface area (Å²) in [7, 11) is 0. The maximum Gasteiger partial charge on any atom is 0.317 e. The molecular weight excluding hydrogens is 318 g/mol. The van der Waals surface area contributed by atoms with Crippen molar-refractivity contribution in [2.45, 2.75) is 39.2 Å². The number of fused-ring (bicyclic) bond motifs is 1. The van der Waals surface area contributed by atoms with Gasteiger partial charge in [0, 0.05) is 32.2 Å². The van der Waals surface area contributed by atoms with Crippen molar-refractivity contribution in [1.29, 1.82) is 0 Å². The number of hydrogen-bond acceptors (Lipinski definition) is 3. The summed E-state index contributed by atoms with van der Waals surface area (Å²) in [6.07, 6.45) is 2.46. The molecule has 0 saturated carbocycles. The van der Waals surface area contributed by atoms with E-state index in [9.17, 15) is 9.59 Å². The lowest BCUT2D eigenvalue weighted by atomic mass is 10.0. The van der Waals surface area contributed by atoms with E-state index in [-0.39, 0.29) is 18.0 Å². The van der Waals surface area contributed by atoms with Crippen molar-refractivity contribution in [3.63, 3.8) is 0 Å². The van der Waals surface area contributed by atoms with Gasteiger partial charge in [-0.15, -0.1) is 0 Å². The lowest BCUT2D eigenvalue weighted by molar-refractivity contribution is -0.131. The van der Waals surface area contributed by atoms with E-state index in [1.54, 1.807) is 4.90 Å². The number of urea groups is 1. The molecule has 1 aromatic rings. The molecule has 0 aliphatic carbocycles. The molecule has 3 amide bonds. The molecule has 1 saturated heterocycles. The van der Waals surface area contributed by atoms with Crippen LogP contribution in [-0.4, -0.2) is 60.6 Å². The van der Waals surface area contributed by atoms with Gasteiger partial charge in [0.05, 0.1) is 13.0 Å². The predicted octanol–water partition coefficient (Wildman–Crippen LogP) is 1.82. The van der Waals surface area contributed by atoms with Gasteiger partial charge in [0.1, 0.15) is 5.75 Å². The third kappa shape index (κ3) is 4.44. The van der Waals surface area contributed by atoms with Gasteiger partial charge in [-0.05, 0) is 43.9 Å². The van der Waals surface area contributed by atoms with Gasteiger partial charge in [0.25, 0.3) is 0 Å². The highest BCUT2D eigenvalue weighted by atomic mass is 16.5. The minimum atomic E-state index is -0.0446. The SMILES string of the molecule is CC(C)NC(=O)N1CCN(C(=O)Cc2ccc3c(c2)CCCO3)CC1. The highest BCUT2D eigenvalue weighted by Gasteiger charge is 2.24. The third-order valence-electron chi connectivity index (χ3n) is 4.66. The van der Waals surface area contributed by atoms with E-state index in [1.165, 1.54) is 5.56 Å². The molecule has 0 aromatic heterocycles. The molecule has 0 bridgehead atoms. The standard InChI is InChI=1S/C19H27N3O3/c1-14(2)20-19(24)22-9-7-21(8-10-22)18(23)13-15-5-6-17-16(12-15)4-3-11-25-17/h5-6,12,14H,3-4,7-11,13H2,1-2H3,(H,20,24). The van der Waals surface area contributed by atoms with Crippen molar-refractivity contribution >= 4 is 11.9 Å². The number of benzene rings is 1. The Balaban J connectivity index is 1.52. The quantitative estimate of drug-likeness (QED) is 0.909. The number of aryl methyl sites for hydroxylation is 1. The van der Waals surface area contributed by atoms with Crippen LogP contribution >= 0.6 is 0 Å². The summed E-state index contributed by atoms with van der Waals surface area (Å²) in [4.78, 5) is 28.2. The average molecular weight is 345 g/mol. The summed E-state index contributed by atoms with van der Waals surface area (Å²) in [6.45, 7) is 7.03. The van der Waals surface area contributed by atoms with Crippen LogP contribution in [0.2, 0.25) is 0 Å². The van der Waals surface area contributed by atoms with Crippen LogP contribution in [-0.2, 0) is 17.6 Å². The molecule has 0 radical (unpaired) electrons. The summed E-state index contributed by atoms with van der Waals surface area (Å²) >= 11 is 0. The van der Waals surface area contributed by atoms with Gasteiger partial charge >= 0.3 is 6.03 Å². The van der Waals surface area contributed by atoms with Gasteiger partial charge in [0.2, 0.25) is 5.91 Å². The minimum absolute atomic E-state index is 0.0446. The second-order valence-corrected chi connectivity index (χ2v) is 7.04. The number of amides is 3. The molecule has 6 nitrogen and oxygen atoms in total. The highest BCUT2D eigenvalue weighted by molar-refractivity contribution is 5.80. The fourth-order valence-corrected chi connectivity index (χ4v) is 3.31. The second kappa shape index (κ2) is 7.76. The second-order valence-electron chi connectivity index (χ2n) is 7.04. The smallest absolute Gasteiger partial charge is 0.317 e. The Bertz CT molecular complexity index is 637. The average Bonchev–Trinajstić information content (AvgIpc) is 2.61. The number of hydrogen-bond donors (Lipinski definition) is 1. The molecule has 25 heavy (non-hydrogen) atoms. The Hall–Kier alpha value is -2.24. The number of rotatable bonds is 3. The monoisotopic (exact) mass is 345 g/mol. The van der Waals surface area contributed by atoms with Gasteiger partial charge in [-0.3, -0.25) is 4.79 Å². The lowest BCUT2D eigenvalue weighted by Crippen LogP contribution is -2.54. The topological polar surface area (TPSA) is 61.9 Å². The summed E-state index contributed by atoms with van der Waals surface area (Å²) < 4.78 is 5.62. The molecule has 136 valence electrons. The molecule has 2 aliphatic heterocycles. The molecule has 0 spiro atoms. The fraction of sp³-hybridized carbons (Fsp3) is 0.579. The Morgan fingerprint density at radius 1 is 1.16 bits per heavy atom. The maximum absolute atomic E-state index is 12.6. The fourth-order valence-electron chi connectivity index (χ4n) is 3.31. The number of nitrogens with zero attached hydrogens (tertiary/aromatic N) is 2. The van der Waals surface area contributed by atoms with Crippen molar-refractivity contribution < 1.29 is 14.3 Å². The first-order valence-corrected chi connectivity index (χ1v) is 9.11. The van der Waals surface area contributed by atoms with Gasteiger partial charge in [-0.2, -0.15) is 0 Å². The van der Waals surface area contributed by atoms with Gasteiger partial charge < -0.3 is 19.9 Å². The summed E-state index contributed by atoms with van der Waals surface area (Å²) in [6, 6.07) is 6.13. The maximum atomic E-state index is 12.6. The molecule has 1 aromatic carbocycles. The van der Waals surface area contributed by atoms with Gasteiger partial charge in [-0.1, -0.05) is 12.1 Å². The summed E-state index contributed by atoms with van der Waals surface area (Å²) in [5.74, 6) is 1.08. The first-order valence-electron chi connectivity index (χ1n) is 9.11. The van der Waals surface area contributed by atoms with Crippen molar-refractivity contribution in [2.24, 2.45) is 0 Å². The van der Waals surface area contributed by atoms with Crippen molar-refractivity contribution in [3.8, 4) is 5.75 Å². The summed E-state index contributed by atoms with van der Waals surface area (Å²) in [5.41, 5.74) is 2.24. The van der Waals surface area contributed by atoms with Crippen LogP contribution in [0.15, 0.2) is 18.2 Å². The number of piperazine rings is 1. The molecule has 1 fully saturated rings. The number of carbonyl (C=O) groups excluding carboxylic acids is 2. The van der Waals surface area contributed by atoms with Crippen LogP contribution in [0, 0.1) is 0 Å². The van der Waals surface area contributed by atoms with Crippen LogP contribution in [0.5, 0.6) is 5.75 Å². The normalized spacial score (nSPS) is 17.1. The zero-order valence-corrected chi connectivity index (χ0v) is 15.1. The first kappa shape index (κ1) is 17.6.